The first-order valence-corrected chi connectivity index (χ1v) is 5.95. The van der Waals surface area contributed by atoms with E-state index in [0.717, 1.165) is 12.1 Å². The number of hydrogen-bond acceptors (Lipinski definition) is 2. The third-order valence-corrected chi connectivity index (χ3v) is 2.70. The van der Waals surface area contributed by atoms with Crippen LogP contribution < -0.4 is 0 Å². The highest BCUT2D eigenvalue weighted by Gasteiger charge is 2.14. The van der Waals surface area contributed by atoms with Crippen LogP contribution in [0.4, 0.5) is 13.2 Å². The smallest absolute Gasteiger partial charge is 0.194 e. The van der Waals surface area contributed by atoms with Gasteiger partial charge in [0, 0.05) is 17.5 Å². The monoisotopic (exact) mass is 286 g/mol. The summed E-state index contributed by atoms with van der Waals surface area (Å²) in [6, 6.07) is 3.13. The van der Waals surface area contributed by atoms with Crippen LogP contribution in [-0.2, 0) is 0 Å². The number of nitrogens with zero attached hydrogens (tertiary/aromatic N) is 2. The molecule has 0 spiro atoms. The molecule has 0 radical (unpaired) electrons. The molecule has 0 aliphatic rings. The van der Waals surface area contributed by atoms with Crippen molar-refractivity contribution in [1.29, 1.82) is 0 Å². The van der Waals surface area contributed by atoms with Crippen LogP contribution in [0.1, 0.15) is 25.6 Å². The van der Waals surface area contributed by atoms with E-state index in [0.29, 0.717) is 5.82 Å². The van der Waals surface area contributed by atoms with Crippen LogP contribution in [-0.4, -0.2) is 9.97 Å². The molecular weight excluding hydrogens is 277 g/mol. The Bertz CT molecular complexity index is 606. The second kappa shape index (κ2) is 5.17. The van der Waals surface area contributed by atoms with Gasteiger partial charge >= 0.3 is 0 Å². The summed E-state index contributed by atoms with van der Waals surface area (Å²) in [6.45, 7) is 3.72. The zero-order chi connectivity index (χ0) is 14.2. The molecule has 0 amide bonds. The van der Waals surface area contributed by atoms with Crippen molar-refractivity contribution in [3.63, 3.8) is 0 Å². The maximum atomic E-state index is 13.2. The van der Waals surface area contributed by atoms with Gasteiger partial charge in [0.05, 0.1) is 5.69 Å². The van der Waals surface area contributed by atoms with E-state index in [4.69, 9.17) is 11.6 Å². The minimum Gasteiger partial charge on any atom is -0.233 e. The number of hydrogen-bond donors (Lipinski definition) is 0. The van der Waals surface area contributed by atoms with Gasteiger partial charge in [-0.25, -0.2) is 23.1 Å². The molecule has 0 aliphatic heterocycles. The number of rotatable bonds is 2. The van der Waals surface area contributed by atoms with E-state index in [2.05, 4.69) is 9.97 Å². The average Bonchev–Trinajstić information content (AvgIpc) is 2.34. The summed E-state index contributed by atoms with van der Waals surface area (Å²) >= 11 is 5.84. The molecule has 2 nitrogen and oxygen atoms in total. The molecule has 6 heteroatoms. The minimum atomic E-state index is -1.51. The second-order valence-electron chi connectivity index (χ2n) is 4.34. The zero-order valence-corrected chi connectivity index (χ0v) is 11.0. The zero-order valence-electron chi connectivity index (χ0n) is 10.2. The van der Waals surface area contributed by atoms with Gasteiger partial charge in [-0.05, 0) is 12.1 Å². The van der Waals surface area contributed by atoms with Crippen molar-refractivity contribution < 1.29 is 13.2 Å². The van der Waals surface area contributed by atoms with Gasteiger partial charge in [0.2, 0.25) is 0 Å². The summed E-state index contributed by atoms with van der Waals surface area (Å²) in [4.78, 5) is 8.18. The van der Waals surface area contributed by atoms with Crippen molar-refractivity contribution in [3.8, 4) is 11.3 Å². The van der Waals surface area contributed by atoms with E-state index in [1.165, 1.54) is 6.07 Å². The predicted molar refractivity (Wildman–Crippen MR) is 66.4 cm³/mol. The van der Waals surface area contributed by atoms with Gasteiger partial charge in [0.1, 0.15) is 11.0 Å². The van der Waals surface area contributed by atoms with Crippen molar-refractivity contribution in [3.05, 3.63) is 46.6 Å². The van der Waals surface area contributed by atoms with Crippen molar-refractivity contribution in [1.82, 2.24) is 9.97 Å². The van der Waals surface area contributed by atoms with Crippen LogP contribution in [0.15, 0.2) is 18.2 Å². The fourth-order valence-corrected chi connectivity index (χ4v) is 1.73. The van der Waals surface area contributed by atoms with E-state index in [9.17, 15) is 13.2 Å². The van der Waals surface area contributed by atoms with E-state index in [-0.39, 0.29) is 22.3 Å². The van der Waals surface area contributed by atoms with Crippen LogP contribution in [0, 0.1) is 17.5 Å². The molecule has 19 heavy (non-hydrogen) atoms. The molecule has 1 aromatic carbocycles. The lowest BCUT2D eigenvalue weighted by Crippen LogP contribution is -2.00. The molecule has 0 fully saturated rings. The first-order chi connectivity index (χ1) is 8.88. The molecule has 0 bridgehead atoms. The van der Waals surface area contributed by atoms with Gasteiger partial charge in [-0.2, -0.15) is 0 Å². The van der Waals surface area contributed by atoms with Crippen molar-refractivity contribution >= 4 is 11.6 Å². The van der Waals surface area contributed by atoms with Crippen molar-refractivity contribution in [2.75, 3.05) is 0 Å². The van der Waals surface area contributed by atoms with Gasteiger partial charge in [-0.15, -0.1) is 0 Å². The molecule has 0 unspecified atom stereocenters. The molecular formula is C13H10ClF3N2. The largest absolute Gasteiger partial charge is 0.233 e. The van der Waals surface area contributed by atoms with Crippen LogP contribution in [0.25, 0.3) is 11.3 Å². The normalized spacial score (nSPS) is 11.1. The van der Waals surface area contributed by atoms with Crippen molar-refractivity contribution in [2.45, 2.75) is 19.8 Å². The van der Waals surface area contributed by atoms with Crippen LogP contribution in [0.2, 0.25) is 5.15 Å². The lowest BCUT2D eigenvalue weighted by molar-refractivity contribution is 0.447. The van der Waals surface area contributed by atoms with Gasteiger partial charge in [0.25, 0.3) is 0 Å². The lowest BCUT2D eigenvalue weighted by atomic mass is 10.1. The fraction of sp³-hybridized carbons (Fsp3) is 0.231. The SMILES string of the molecule is CC(C)c1nc(Cl)cc(-c2cc(F)c(F)c(F)c2)n1. The Hall–Kier alpha value is -1.62. The Morgan fingerprint density at radius 3 is 2.11 bits per heavy atom. The van der Waals surface area contributed by atoms with Crippen LogP contribution >= 0.6 is 11.6 Å². The van der Waals surface area contributed by atoms with Gasteiger partial charge < -0.3 is 0 Å². The number of aromatic nitrogens is 2. The van der Waals surface area contributed by atoms with Gasteiger partial charge in [0.15, 0.2) is 17.5 Å². The Labute approximate surface area is 113 Å². The summed E-state index contributed by atoms with van der Waals surface area (Å²) in [7, 11) is 0. The molecule has 100 valence electrons. The van der Waals surface area contributed by atoms with E-state index in [1.807, 2.05) is 13.8 Å². The molecule has 1 aromatic heterocycles. The predicted octanol–water partition coefficient (Wildman–Crippen LogP) is 4.34. The number of benzene rings is 1. The molecule has 2 aromatic rings. The highest BCUT2D eigenvalue weighted by Crippen LogP contribution is 2.25. The van der Waals surface area contributed by atoms with Gasteiger partial charge in [-0.3, -0.25) is 0 Å². The highest BCUT2D eigenvalue weighted by atomic mass is 35.5. The lowest BCUT2D eigenvalue weighted by Gasteiger charge is -2.08. The van der Waals surface area contributed by atoms with Crippen LogP contribution in [0.3, 0.4) is 0 Å². The molecule has 1 heterocycles. The Kier molecular flexibility index (Phi) is 3.75. The summed E-state index contributed by atoms with van der Waals surface area (Å²) in [6.07, 6.45) is 0. The fourth-order valence-electron chi connectivity index (χ4n) is 1.54. The topological polar surface area (TPSA) is 25.8 Å². The van der Waals surface area contributed by atoms with Crippen molar-refractivity contribution in [2.24, 2.45) is 0 Å². The van der Waals surface area contributed by atoms with Gasteiger partial charge in [-0.1, -0.05) is 25.4 Å². The Morgan fingerprint density at radius 2 is 1.58 bits per heavy atom. The first-order valence-electron chi connectivity index (χ1n) is 5.58. The van der Waals surface area contributed by atoms with Crippen LogP contribution in [0.5, 0.6) is 0 Å². The maximum absolute atomic E-state index is 13.2. The summed E-state index contributed by atoms with van der Waals surface area (Å²) in [5, 5.41) is 0.166. The quantitative estimate of drug-likeness (QED) is 0.606. The highest BCUT2D eigenvalue weighted by molar-refractivity contribution is 6.29. The first kappa shape index (κ1) is 13.8. The van der Waals surface area contributed by atoms with E-state index in [1.54, 1.807) is 0 Å². The molecule has 0 aliphatic carbocycles. The van der Waals surface area contributed by atoms with E-state index >= 15 is 0 Å². The number of halogens is 4. The van der Waals surface area contributed by atoms with E-state index < -0.39 is 17.5 Å². The molecule has 2 rings (SSSR count). The molecule has 0 saturated heterocycles. The Balaban J connectivity index is 2.59. The standard InChI is InChI=1S/C13H10ClF3N2/c1-6(2)13-18-10(5-11(14)19-13)7-3-8(15)12(17)9(16)4-7/h3-6H,1-2H3. The molecule has 0 atom stereocenters. The third-order valence-electron chi connectivity index (χ3n) is 2.51. The summed E-state index contributed by atoms with van der Waals surface area (Å²) in [5.74, 6) is -3.58. The third kappa shape index (κ3) is 2.87. The molecule has 0 saturated carbocycles. The minimum absolute atomic E-state index is 0.00703. The summed E-state index contributed by atoms with van der Waals surface area (Å²) < 4.78 is 39.3. The maximum Gasteiger partial charge on any atom is 0.194 e. The molecule has 0 N–H and O–H groups in total. The second-order valence-corrected chi connectivity index (χ2v) is 4.73. The Morgan fingerprint density at radius 1 is 1.00 bits per heavy atom. The summed E-state index contributed by atoms with van der Waals surface area (Å²) in [5.41, 5.74) is 0.365. The average molecular weight is 287 g/mol.